The van der Waals surface area contributed by atoms with Crippen LogP contribution in [0.2, 0.25) is 0 Å². The van der Waals surface area contributed by atoms with Gasteiger partial charge in [0, 0.05) is 12.1 Å². The van der Waals surface area contributed by atoms with Gasteiger partial charge >= 0.3 is 0 Å². The molecule has 1 aliphatic carbocycles. The van der Waals surface area contributed by atoms with Crippen molar-refractivity contribution in [3.05, 3.63) is 0 Å². The number of nitrogens with zero attached hydrogens (tertiary/aromatic N) is 1. The molecule has 1 saturated heterocycles. The first-order valence-corrected chi connectivity index (χ1v) is 9.46. The predicted octanol–water partition coefficient (Wildman–Crippen LogP) is 4.30. The highest BCUT2D eigenvalue weighted by molar-refractivity contribution is 4.94. The molecule has 0 spiro atoms. The third-order valence-electron chi connectivity index (χ3n) is 6.59. The van der Waals surface area contributed by atoms with E-state index < -0.39 is 0 Å². The van der Waals surface area contributed by atoms with Crippen molar-refractivity contribution in [1.29, 1.82) is 0 Å². The van der Waals surface area contributed by atoms with E-state index in [4.69, 9.17) is 0 Å². The van der Waals surface area contributed by atoms with Crippen LogP contribution >= 0.6 is 0 Å². The fraction of sp³-hybridized carbons (Fsp3) is 1.00. The largest absolute Gasteiger partial charge is 0.313 e. The summed E-state index contributed by atoms with van der Waals surface area (Å²) in [6.07, 6.45) is 8.35. The van der Waals surface area contributed by atoms with Crippen LogP contribution in [-0.2, 0) is 0 Å². The average Bonchev–Trinajstić information content (AvgIpc) is 2.49. The molecule has 0 bridgehead atoms. The summed E-state index contributed by atoms with van der Waals surface area (Å²) in [7, 11) is 0. The van der Waals surface area contributed by atoms with Gasteiger partial charge in [-0.05, 0) is 69.0 Å². The molecule has 3 atom stereocenters. The zero-order valence-electron chi connectivity index (χ0n) is 15.1. The molecular weight excluding hydrogens is 256 g/mol. The van der Waals surface area contributed by atoms with Crippen LogP contribution in [0, 0.1) is 17.3 Å². The second-order valence-corrected chi connectivity index (χ2v) is 8.25. The van der Waals surface area contributed by atoms with E-state index in [0.29, 0.717) is 5.41 Å². The van der Waals surface area contributed by atoms with Gasteiger partial charge < -0.3 is 5.32 Å². The zero-order valence-corrected chi connectivity index (χ0v) is 15.1. The van der Waals surface area contributed by atoms with Crippen molar-refractivity contribution in [3.63, 3.8) is 0 Å². The van der Waals surface area contributed by atoms with Crippen LogP contribution in [0.4, 0.5) is 0 Å². The Morgan fingerprint density at radius 2 is 1.81 bits per heavy atom. The monoisotopic (exact) mass is 294 g/mol. The first-order chi connectivity index (χ1) is 9.99. The van der Waals surface area contributed by atoms with Gasteiger partial charge in [-0.3, -0.25) is 4.90 Å². The lowest BCUT2D eigenvalue weighted by Crippen LogP contribution is -2.56. The molecule has 2 aliphatic rings. The Labute approximate surface area is 133 Å². The second kappa shape index (κ2) is 7.46. The van der Waals surface area contributed by atoms with Crippen LogP contribution in [0.5, 0.6) is 0 Å². The van der Waals surface area contributed by atoms with E-state index in [9.17, 15) is 0 Å². The van der Waals surface area contributed by atoms with Crippen molar-refractivity contribution in [2.24, 2.45) is 17.3 Å². The molecule has 0 aromatic carbocycles. The molecule has 1 aliphatic heterocycles. The van der Waals surface area contributed by atoms with Crippen molar-refractivity contribution in [1.82, 2.24) is 10.2 Å². The molecule has 0 amide bonds. The molecule has 1 heterocycles. The van der Waals surface area contributed by atoms with Crippen LogP contribution < -0.4 is 5.32 Å². The third-order valence-corrected chi connectivity index (χ3v) is 6.59. The number of hydrogen-bond donors (Lipinski definition) is 1. The number of likely N-dealkylation sites (N-methyl/N-ethyl adjacent to an activating group) is 1. The minimum atomic E-state index is 0.607. The molecule has 2 heteroatoms. The van der Waals surface area contributed by atoms with Gasteiger partial charge in [-0.2, -0.15) is 0 Å². The molecule has 0 aromatic heterocycles. The molecule has 0 radical (unpaired) electrons. The van der Waals surface area contributed by atoms with Gasteiger partial charge in [-0.1, -0.05) is 41.0 Å². The fourth-order valence-electron chi connectivity index (χ4n) is 4.44. The van der Waals surface area contributed by atoms with E-state index in [2.05, 4.69) is 44.8 Å². The van der Waals surface area contributed by atoms with Crippen LogP contribution in [0.3, 0.4) is 0 Å². The SMILES string of the molecule is CCNC1CCC(C(C)C)CC1N1CCC(C)(CC)CC1. The van der Waals surface area contributed by atoms with Gasteiger partial charge in [0.05, 0.1) is 0 Å². The Morgan fingerprint density at radius 1 is 1.14 bits per heavy atom. The summed E-state index contributed by atoms with van der Waals surface area (Å²) in [5, 5.41) is 3.78. The summed E-state index contributed by atoms with van der Waals surface area (Å²) in [4.78, 5) is 2.83. The van der Waals surface area contributed by atoms with Crippen LogP contribution in [0.15, 0.2) is 0 Å². The van der Waals surface area contributed by atoms with Crippen molar-refractivity contribution >= 4 is 0 Å². The summed E-state index contributed by atoms with van der Waals surface area (Å²) in [6, 6.07) is 1.52. The molecule has 3 unspecified atom stereocenters. The molecule has 1 saturated carbocycles. The summed E-state index contributed by atoms with van der Waals surface area (Å²) in [5.41, 5.74) is 0.607. The molecule has 0 aromatic rings. The number of likely N-dealkylation sites (tertiary alicyclic amines) is 1. The van der Waals surface area contributed by atoms with E-state index in [1.165, 1.54) is 51.6 Å². The molecule has 21 heavy (non-hydrogen) atoms. The average molecular weight is 295 g/mol. The van der Waals surface area contributed by atoms with Gasteiger partial charge in [-0.15, -0.1) is 0 Å². The van der Waals surface area contributed by atoms with Crippen molar-refractivity contribution in [2.75, 3.05) is 19.6 Å². The molecule has 1 N–H and O–H groups in total. The maximum atomic E-state index is 3.78. The number of rotatable bonds is 5. The Morgan fingerprint density at radius 3 is 2.33 bits per heavy atom. The van der Waals surface area contributed by atoms with Gasteiger partial charge in [0.15, 0.2) is 0 Å². The van der Waals surface area contributed by atoms with Crippen LogP contribution in [0.25, 0.3) is 0 Å². The number of nitrogens with one attached hydrogen (secondary N) is 1. The standard InChI is InChI=1S/C19H38N2/c1-6-19(5)10-12-21(13-11-19)18-14-16(15(3)4)8-9-17(18)20-7-2/h15-18,20H,6-14H2,1-5H3. The van der Waals surface area contributed by atoms with Crippen LogP contribution in [0.1, 0.15) is 73.1 Å². The van der Waals surface area contributed by atoms with E-state index in [-0.39, 0.29) is 0 Å². The van der Waals surface area contributed by atoms with Crippen molar-refractivity contribution in [3.8, 4) is 0 Å². The highest BCUT2D eigenvalue weighted by Crippen LogP contribution is 2.38. The summed E-state index contributed by atoms with van der Waals surface area (Å²) >= 11 is 0. The molecular formula is C19H38N2. The lowest BCUT2D eigenvalue weighted by molar-refractivity contribution is 0.0313. The predicted molar refractivity (Wildman–Crippen MR) is 92.6 cm³/mol. The Bertz CT molecular complexity index is 305. The van der Waals surface area contributed by atoms with Crippen LogP contribution in [-0.4, -0.2) is 36.6 Å². The summed E-state index contributed by atoms with van der Waals surface area (Å²) < 4.78 is 0. The summed E-state index contributed by atoms with van der Waals surface area (Å²) in [6.45, 7) is 15.7. The maximum Gasteiger partial charge on any atom is 0.0252 e. The Balaban J connectivity index is 1.99. The molecule has 2 rings (SSSR count). The quantitative estimate of drug-likeness (QED) is 0.813. The topological polar surface area (TPSA) is 15.3 Å². The van der Waals surface area contributed by atoms with E-state index in [1.807, 2.05) is 0 Å². The normalized spacial score (nSPS) is 34.3. The zero-order chi connectivity index (χ0) is 15.5. The lowest BCUT2D eigenvalue weighted by atomic mass is 9.74. The van der Waals surface area contributed by atoms with Gasteiger partial charge in [0.2, 0.25) is 0 Å². The van der Waals surface area contributed by atoms with Crippen molar-refractivity contribution < 1.29 is 0 Å². The van der Waals surface area contributed by atoms with E-state index in [1.54, 1.807) is 0 Å². The fourth-order valence-corrected chi connectivity index (χ4v) is 4.44. The highest BCUT2D eigenvalue weighted by Gasteiger charge is 2.38. The molecule has 124 valence electrons. The molecule has 2 fully saturated rings. The van der Waals surface area contributed by atoms with E-state index in [0.717, 1.165) is 30.5 Å². The lowest BCUT2D eigenvalue weighted by Gasteiger charge is -2.48. The first kappa shape index (κ1) is 17.3. The van der Waals surface area contributed by atoms with Crippen molar-refractivity contribution in [2.45, 2.75) is 85.2 Å². The van der Waals surface area contributed by atoms with E-state index >= 15 is 0 Å². The summed E-state index contributed by atoms with van der Waals surface area (Å²) in [5.74, 6) is 1.78. The second-order valence-electron chi connectivity index (χ2n) is 8.25. The number of hydrogen-bond acceptors (Lipinski definition) is 2. The first-order valence-electron chi connectivity index (χ1n) is 9.46. The minimum Gasteiger partial charge on any atom is -0.313 e. The Kier molecular flexibility index (Phi) is 6.14. The van der Waals surface area contributed by atoms with Gasteiger partial charge in [0.25, 0.3) is 0 Å². The van der Waals surface area contributed by atoms with Gasteiger partial charge in [0.1, 0.15) is 0 Å². The Hall–Kier alpha value is -0.0800. The number of piperidine rings is 1. The third kappa shape index (κ3) is 4.22. The molecule has 2 nitrogen and oxygen atoms in total. The maximum absolute atomic E-state index is 3.78. The smallest absolute Gasteiger partial charge is 0.0252 e. The minimum absolute atomic E-state index is 0.607. The van der Waals surface area contributed by atoms with Gasteiger partial charge in [-0.25, -0.2) is 0 Å². The highest BCUT2D eigenvalue weighted by atomic mass is 15.2.